The third-order valence-corrected chi connectivity index (χ3v) is 17.5. The number of carboxylic acids is 1. The second kappa shape index (κ2) is 43.4. The molecule has 2 amide bonds. The van der Waals surface area contributed by atoms with Gasteiger partial charge >= 0.3 is 5.97 Å². The molecule has 0 aromatic rings. The molecule has 26 nitrogen and oxygen atoms in total. The number of carbonyl (C=O) groups excluding carboxylic acids is 2. The molecule has 26 heteroatoms. The summed E-state index contributed by atoms with van der Waals surface area (Å²) < 4.78 is 47.5. The molecular formula is C63H115N3O23. The number of aliphatic hydroxyl groups is 11. The van der Waals surface area contributed by atoms with Gasteiger partial charge in [0.2, 0.25) is 11.8 Å². The maximum Gasteiger partial charge on any atom is 0.364 e. The summed E-state index contributed by atoms with van der Waals surface area (Å²) in [5, 5.41) is 137. The Kier molecular flexibility index (Phi) is 38.4. The number of carboxylic acid groups (broad SMARTS) is 1. The molecule has 0 aliphatic carbocycles. The predicted molar refractivity (Wildman–Crippen MR) is 324 cm³/mol. The van der Waals surface area contributed by atoms with Gasteiger partial charge < -0.3 is 116 Å². The topological polar surface area (TPSA) is 418 Å². The number of allylic oxidation sites excluding steroid dienone is 1. The first-order valence-electron chi connectivity index (χ1n) is 33.5. The number of unbranched alkanes of at least 4 members (excludes halogenated alkanes) is 25. The quantitative estimate of drug-likeness (QED) is 0.0307. The maximum atomic E-state index is 13.5. The van der Waals surface area contributed by atoms with Gasteiger partial charge in [0.15, 0.2) is 18.9 Å². The van der Waals surface area contributed by atoms with Crippen molar-refractivity contribution in [2.75, 3.05) is 33.0 Å². The Hall–Kier alpha value is -2.65. The number of hydrogen-bond acceptors (Lipinski definition) is 23. The van der Waals surface area contributed by atoms with Crippen LogP contribution < -0.4 is 16.4 Å². The first-order chi connectivity index (χ1) is 42.8. The number of hydrogen-bond donors (Lipinski definition) is 15. The standard InChI is InChI=1S/C63H115N3O23/c1-4-6-8-10-12-14-16-18-19-21-23-25-27-29-31-33-48(74)66-41(42(72)32-30-28-26-24-22-20-17-15-13-11-9-7-5-2)39-82-60-54(78)53(77)56(46(37-69)84-60)86-61-55(79)58(89-63(62(80)81)34-43(73)49(64)44(35-67)88-63)57(47(38-70)85-61)87-59-50(65-40(3)71)52(76)51(75)45(36-68)83-59/h30,32,41-47,49-61,67-70,72-73,75-79H,4-29,31,33-39,64H2,1-3H3,(H,65,71)(H,66,74)(H,80,81)/b32-30+/t41-,42+,43-,44-,45+,46+,47+,49+,50+,51-,52+,53+,54+,55+,56+,57-,58+,59-,60+,61-,63-/m0/s1. The van der Waals surface area contributed by atoms with Gasteiger partial charge in [-0.2, -0.15) is 0 Å². The molecule has 0 spiro atoms. The molecule has 89 heavy (non-hydrogen) atoms. The van der Waals surface area contributed by atoms with Gasteiger partial charge in [-0.1, -0.05) is 180 Å². The van der Waals surface area contributed by atoms with Gasteiger partial charge in [0.1, 0.15) is 79.3 Å². The highest BCUT2D eigenvalue weighted by Crippen LogP contribution is 2.39. The zero-order valence-electron chi connectivity index (χ0n) is 53.2. The van der Waals surface area contributed by atoms with Crippen LogP contribution in [-0.4, -0.2) is 240 Å². The zero-order valence-corrected chi connectivity index (χ0v) is 53.2. The van der Waals surface area contributed by atoms with Crippen LogP contribution >= 0.6 is 0 Å². The zero-order chi connectivity index (χ0) is 65.3. The minimum Gasteiger partial charge on any atom is -0.477 e. The third kappa shape index (κ3) is 25.9. The monoisotopic (exact) mass is 1280 g/mol. The van der Waals surface area contributed by atoms with Crippen molar-refractivity contribution in [1.82, 2.24) is 10.6 Å². The number of ether oxygens (including phenoxy) is 8. The highest BCUT2D eigenvalue weighted by Gasteiger charge is 2.60. The van der Waals surface area contributed by atoms with Crippen molar-refractivity contribution in [1.29, 1.82) is 0 Å². The van der Waals surface area contributed by atoms with Crippen LogP contribution in [0.2, 0.25) is 0 Å². The molecule has 4 rings (SSSR count). The largest absolute Gasteiger partial charge is 0.477 e. The van der Waals surface area contributed by atoms with Crippen LogP contribution in [0.1, 0.15) is 207 Å². The van der Waals surface area contributed by atoms with Gasteiger partial charge in [0, 0.05) is 19.8 Å². The van der Waals surface area contributed by atoms with Crippen molar-refractivity contribution in [3.8, 4) is 0 Å². The Bertz CT molecular complexity index is 1950. The summed E-state index contributed by atoms with van der Waals surface area (Å²) in [6.07, 6.45) is 2.78. The number of aliphatic hydroxyl groups excluding tert-OH is 11. The van der Waals surface area contributed by atoms with E-state index in [1.165, 1.54) is 116 Å². The fraction of sp³-hybridized carbons (Fsp3) is 0.921. The minimum absolute atomic E-state index is 0.189. The average Bonchev–Trinajstić information content (AvgIpc) is 2.54. The molecular weight excluding hydrogens is 1170 g/mol. The number of carbonyl (C=O) groups is 3. The van der Waals surface area contributed by atoms with Crippen molar-refractivity contribution in [2.24, 2.45) is 5.73 Å². The van der Waals surface area contributed by atoms with Crippen LogP contribution in [-0.2, 0) is 52.3 Å². The van der Waals surface area contributed by atoms with E-state index in [0.717, 1.165) is 51.9 Å². The number of amides is 2. The van der Waals surface area contributed by atoms with E-state index in [1.54, 1.807) is 6.08 Å². The first kappa shape index (κ1) is 78.8. The normalized spacial score (nSPS) is 33.3. The van der Waals surface area contributed by atoms with Crippen molar-refractivity contribution >= 4 is 17.8 Å². The van der Waals surface area contributed by atoms with E-state index < -0.39 is 180 Å². The molecule has 0 aromatic heterocycles. The highest BCUT2D eigenvalue weighted by atomic mass is 16.8. The lowest BCUT2D eigenvalue weighted by Gasteiger charge is -2.51. The van der Waals surface area contributed by atoms with Crippen molar-refractivity contribution < 1.29 is 114 Å². The third-order valence-electron chi connectivity index (χ3n) is 17.5. The van der Waals surface area contributed by atoms with Crippen LogP contribution in [0.5, 0.6) is 0 Å². The van der Waals surface area contributed by atoms with Crippen LogP contribution in [0.15, 0.2) is 12.2 Å². The minimum atomic E-state index is -2.97. The second-order valence-electron chi connectivity index (χ2n) is 24.8. The number of nitrogens with two attached hydrogens (primary N) is 1. The van der Waals surface area contributed by atoms with Crippen molar-refractivity contribution in [2.45, 2.75) is 335 Å². The molecule has 4 aliphatic rings. The second-order valence-corrected chi connectivity index (χ2v) is 24.8. The van der Waals surface area contributed by atoms with Gasteiger partial charge in [0.25, 0.3) is 5.79 Å². The molecule has 0 radical (unpaired) electrons. The summed E-state index contributed by atoms with van der Waals surface area (Å²) >= 11 is 0. The molecule has 4 aliphatic heterocycles. The molecule has 4 saturated heterocycles. The summed E-state index contributed by atoms with van der Waals surface area (Å²) in [5.41, 5.74) is 6.01. The van der Waals surface area contributed by atoms with E-state index in [-0.39, 0.29) is 12.3 Å². The van der Waals surface area contributed by atoms with Crippen LogP contribution in [0.25, 0.3) is 0 Å². The SMILES string of the molecule is CCCCCCCCCCCCC/C=C/[C@@H](O)[C@H](CO[C@@H]1O[C@H](CO)[C@@H](O[C@@H]2O[C@H](CO)[C@H](O[C@@H]3O[C@H](CO)[C@H](O)[C@H](O)[C@H]3NC(C)=O)[C@H](O[C@]3(C(=O)O)C[C@H](O)[C@@H](N)[C@H](CO)O3)[C@H]2O)[C@H](O)[C@H]1O)NC(=O)CCCCCCCCCCCCCCCCC. The van der Waals surface area contributed by atoms with Gasteiger partial charge in [-0.25, -0.2) is 4.79 Å². The predicted octanol–water partition coefficient (Wildman–Crippen LogP) is 2.23. The van der Waals surface area contributed by atoms with Crippen LogP contribution in [0.4, 0.5) is 0 Å². The Labute approximate surface area is 526 Å². The molecule has 0 aromatic carbocycles. The molecule has 0 saturated carbocycles. The Morgan fingerprint density at radius 2 is 1.04 bits per heavy atom. The fourth-order valence-electron chi connectivity index (χ4n) is 12.0. The molecule has 0 unspecified atom stereocenters. The molecule has 520 valence electrons. The van der Waals surface area contributed by atoms with Gasteiger partial charge in [-0.15, -0.1) is 0 Å². The smallest absolute Gasteiger partial charge is 0.364 e. The van der Waals surface area contributed by atoms with E-state index in [4.69, 9.17) is 43.6 Å². The van der Waals surface area contributed by atoms with Gasteiger partial charge in [-0.05, 0) is 19.3 Å². The molecule has 4 fully saturated rings. The van der Waals surface area contributed by atoms with E-state index in [2.05, 4.69) is 24.5 Å². The van der Waals surface area contributed by atoms with E-state index >= 15 is 0 Å². The summed E-state index contributed by atoms with van der Waals surface area (Å²) in [4.78, 5) is 39.0. The molecule has 16 N–H and O–H groups in total. The van der Waals surface area contributed by atoms with Crippen molar-refractivity contribution in [3.05, 3.63) is 12.2 Å². The van der Waals surface area contributed by atoms with Crippen LogP contribution in [0.3, 0.4) is 0 Å². The molecule has 21 atom stereocenters. The van der Waals surface area contributed by atoms with Crippen molar-refractivity contribution in [3.63, 3.8) is 0 Å². The maximum absolute atomic E-state index is 13.5. The Balaban J connectivity index is 1.47. The van der Waals surface area contributed by atoms with Crippen LogP contribution in [0, 0.1) is 0 Å². The summed E-state index contributed by atoms with van der Waals surface area (Å²) in [7, 11) is 0. The lowest BCUT2D eigenvalue weighted by Crippen LogP contribution is -2.71. The lowest BCUT2D eigenvalue weighted by atomic mass is 9.92. The lowest BCUT2D eigenvalue weighted by molar-refractivity contribution is -0.399. The van der Waals surface area contributed by atoms with E-state index in [1.807, 2.05) is 6.08 Å². The van der Waals surface area contributed by atoms with Gasteiger partial charge in [0.05, 0.1) is 57.3 Å². The molecule has 0 bridgehead atoms. The number of rotatable bonds is 46. The molecule has 4 heterocycles. The van der Waals surface area contributed by atoms with E-state index in [9.17, 15) is 75.7 Å². The highest BCUT2D eigenvalue weighted by molar-refractivity contribution is 5.76. The summed E-state index contributed by atoms with van der Waals surface area (Å²) in [6.45, 7) is 1.25. The number of aliphatic carboxylic acids is 1. The Morgan fingerprint density at radius 3 is 1.55 bits per heavy atom. The fourth-order valence-corrected chi connectivity index (χ4v) is 12.0. The average molecular weight is 1280 g/mol. The first-order valence-corrected chi connectivity index (χ1v) is 33.5. The van der Waals surface area contributed by atoms with E-state index in [0.29, 0.717) is 12.8 Å². The number of nitrogens with one attached hydrogen (secondary N) is 2. The summed E-state index contributed by atoms with van der Waals surface area (Å²) in [6, 6.07) is -4.03. The summed E-state index contributed by atoms with van der Waals surface area (Å²) in [5.74, 6) is -5.96. The van der Waals surface area contributed by atoms with Gasteiger partial charge in [-0.3, -0.25) is 9.59 Å². The Morgan fingerprint density at radius 1 is 0.573 bits per heavy atom.